The molecule has 100 valence electrons. The smallest absolute Gasteiger partial charge is 0.147 e. The minimum Gasteiger partial charge on any atom is -0.497 e. The zero-order valence-corrected chi connectivity index (χ0v) is 11.0. The Morgan fingerprint density at radius 2 is 2.26 bits per heavy atom. The van der Waals surface area contributed by atoms with Crippen LogP contribution in [0.1, 0.15) is 17.2 Å². The monoisotopic (exact) mass is 261 g/mol. The van der Waals surface area contributed by atoms with Crippen LogP contribution in [-0.2, 0) is 13.0 Å². The molecule has 1 N–H and O–H groups in total. The number of aromatic nitrogens is 2. The SMILES string of the molecule is COc1ccc(F)c(-n2c(C)nc3c2CCNC3)c1. The van der Waals surface area contributed by atoms with Crippen molar-refractivity contribution in [1.29, 1.82) is 0 Å². The standard InChI is InChI=1S/C14H16FN3O/c1-9-17-12-8-16-6-5-13(12)18(9)14-7-10(19-2)3-4-11(14)15/h3-4,7,16H,5-6,8H2,1-2H3. The highest BCUT2D eigenvalue weighted by Crippen LogP contribution is 2.26. The highest BCUT2D eigenvalue weighted by molar-refractivity contribution is 5.44. The van der Waals surface area contributed by atoms with Crippen LogP contribution in [0.2, 0.25) is 0 Å². The third-order valence-corrected chi connectivity index (χ3v) is 3.45. The highest BCUT2D eigenvalue weighted by Gasteiger charge is 2.20. The summed E-state index contributed by atoms with van der Waals surface area (Å²) in [6, 6.07) is 4.77. The van der Waals surface area contributed by atoms with Gasteiger partial charge in [-0.05, 0) is 19.1 Å². The quantitative estimate of drug-likeness (QED) is 0.898. The van der Waals surface area contributed by atoms with Crippen LogP contribution in [0, 0.1) is 12.7 Å². The maximum atomic E-state index is 14.1. The van der Waals surface area contributed by atoms with Crippen LogP contribution in [0.15, 0.2) is 18.2 Å². The summed E-state index contributed by atoms with van der Waals surface area (Å²) in [5.41, 5.74) is 2.60. The molecule has 0 spiro atoms. The zero-order valence-electron chi connectivity index (χ0n) is 11.0. The second-order valence-corrected chi connectivity index (χ2v) is 4.63. The van der Waals surface area contributed by atoms with E-state index in [2.05, 4.69) is 10.3 Å². The summed E-state index contributed by atoms with van der Waals surface area (Å²) in [7, 11) is 1.58. The van der Waals surface area contributed by atoms with E-state index in [9.17, 15) is 4.39 Å². The summed E-state index contributed by atoms with van der Waals surface area (Å²) >= 11 is 0. The molecule has 0 unspecified atom stereocenters. The van der Waals surface area contributed by atoms with Crippen LogP contribution in [0.3, 0.4) is 0 Å². The average Bonchev–Trinajstić information content (AvgIpc) is 2.75. The molecule has 3 rings (SSSR count). The number of ether oxygens (including phenoxy) is 1. The first-order valence-corrected chi connectivity index (χ1v) is 6.32. The van der Waals surface area contributed by atoms with Gasteiger partial charge >= 0.3 is 0 Å². The first kappa shape index (κ1) is 12.2. The van der Waals surface area contributed by atoms with Gasteiger partial charge in [0.1, 0.15) is 17.4 Å². The summed E-state index contributed by atoms with van der Waals surface area (Å²) < 4.78 is 21.2. The fourth-order valence-corrected chi connectivity index (χ4v) is 2.56. The first-order chi connectivity index (χ1) is 9.20. The number of benzene rings is 1. The van der Waals surface area contributed by atoms with E-state index in [0.29, 0.717) is 11.4 Å². The molecule has 5 heteroatoms. The molecule has 0 saturated carbocycles. The molecule has 2 aromatic rings. The summed E-state index contributed by atoms with van der Waals surface area (Å²) in [6.07, 6.45) is 0.854. The Bertz CT molecular complexity index is 621. The highest BCUT2D eigenvalue weighted by atomic mass is 19.1. The molecule has 1 aliphatic heterocycles. The van der Waals surface area contributed by atoms with Crippen LogP contribution in [-0.4, -0.2) is 23.2 Å². The van der Waals surface area contributed by atoms with Crippen LogP contribution >= 0.6 is 0 Å². The van der Waals surface area contributed by atoms with E-state index >= 15 is 0 Å². The number of nitrogens with one attached hydrogen (secondary N) is 1. The molecule has 2 heterocycles. The molecular weight excluding hydrogens is 245 g/mol. The number of aryl methyl sites for hydroxylation is 1. The van der Waals surface area contributed by atoms with E-state index in [1.54, 1.807) is 19.2 Å². The minimum atomic E-state index is -0.261. The summed E-state index contributed by atoms with van der Waals surface area (Å²) in [5, 5.41) is 3.28. The second kappa shape index (κ2) is 4.66. The number of imidazole rings is 1. The number of rotatable bonds is 2. The Balaban J connectivity index is 2.19. The Kier molecular flexibility index (Phi) is 2.98. The molecule has 1 aliphatic rings. The van der Waals surface area contributed by atoms with Gasteiger partial charge in [0, 0.05) is 31.3 Å². The molecule has 0 bridgehead atoms. The Morgan fingerprint density at radius 3 is 3.05 bits per heavy atom. The molecule has 0 fully saturated rings. The summed E-state index contributed by atoms with van der Waals surface area (Å²) in [6.45, 7) is 3.54. The van der Waals surface area contributed by atoms with E-state index < -0.39 is 0 Å². The number of methoxy groups -OCH3 is 1. The zero-order chi connectivity index (χ0) is 13.4. The first-order valence-electron chi connectivity index (χ1n) is 6.32. The van der Waals surface area contributed by atoms with Gasteiger partial charge in [0.15, 0.2) is 0 Å². The molecule has 0 radical (unpaired) electrons. The van der Waals surface area contributed by atoms with Crippen molar-refractivity contribution in [2.75, 3.05) is 13.7 Å². The molecule has 0 aliphatic carbocycles. The summed E-state index contributed by atoms with van der Waals surface area (Å²) in [4.78, 5) is 4.52. The Labute approximate surface area is 111 Å². The number of halogens is 1. The molecule has 0 saturated heterocycles. The molecule has 1 aromatic carbocycles. The van der Waals surface area contributed by atoms with Gasteiger partial charge in [0.2, 0.25) is 0 Å². The van der Waals surface area contributed by atoms with Crippen LogP contribution in [0.25, 0.3) is 5.69 Å². The molecule has 1 aromatic heterocycles. The molecular formula is C14H16FN3O. The van der Waals surface area contributed by atoms with Crippen molar-refractivity contribution in [3.8, 4) is 11.4 Å². The Hall–Kier alpha value is -1.88. The number of fused-ring (bicyclic) bond motifs is 1. The van der Waals surface area contributed by atoms with Gasteiger partial charge in [0.05, 0.1) is 18.5 Å². The van der Waals surface area contributed by atoms with Gasteiger partial charge in [0.25, 0.3) is 0 Å². The van der Waals surface area contributed by atoms with Crippen LogP contribution in [0.5, 0.6) is 5.75 Å². The topological polar surface area (TPSA) is 39.1 Å². The maximum absolute atomic E-state index is 14.1. The van der Waals surface area contributed by atoms with Crippen molar-refractivity contribution in [2.45, 2.75) is 19.9 Å². The van der Waals surface area contributed by atoms with E-state index in [0.717, 1.165) is 36.7 Å². The van der Waals surface area contributed by atoms with Crippen molar-refractivity contribution in [2.24, 2.45) is 0 Å². The number of hydrogen-bond donors (Lipinski definition) is 1. The van der Waals surface area contributed by atoms with Crippen LogP contribution in [0.4, 0.5) is 4.39 Å². The van der Waals surface area contributed by atoms with Crippen molar-refractivity contribution in [1.82, 2.24) is 14.9 Å². The molecule has 0 atom stereocenters. The van der Waals surface area contributed by atoms with Gasteiger partial charge in [-0.1, -0.05) is 0 Å². The van der Waals surface area contributed by atoms with Gasteiger partial charge in [-0.3, -0.25) is 4.57 Å². The Morgan fingerprint density at radius 1 is 1.42 bits per heavy atom. The van der Waals surface area contributed by atoms with E-state index in [1.807, 2.05) is 11.5 Å². The molecule has 19 heavy (non-hydrogen) atoms. The van der Waals surface area contributed by atoms with E-state index in [1.165, 1.54) is 6.07 Å². The normalized spacial score (nSPS) is 14.3. The van der Waals surface area contributed by atoms with Crippen molar-refractivity contribution < 1.29 is 9.13 Å². The fourth-order valence-electron chi connectivity index (χ4n) is 2.56. The predicted octanol–water partition coefficient (Wildman–Crippen LogP) is 1.97. The van der Waals surface area contributed by atoms with Gasteiger partial charge in [-0.15, -0.1) is 0 Å². The van der Waals surface area contributed by atoms with Gasteiger partial charge in [-0.2, -0.15) is 0 Å². The lowest BCUT2D eigenvalue weighted by atomic mass is 10.1. The fraction of sp³-hybridized carbons (Fsp3) is 0.357. The average molecular weight is 261 g/mol. The lowest BCUT2D eigenvalue weighted by Gasteiger charge is -2.16. The van der Waals surface area contributed by atoms with Crippen molar-refractivity contribution in [3.63, 3.8) is 0 Å². The molecule has 4 nitrogen and oxygen atoms in total. The predicted molar refractivity (Wildman–Crippen MR) is 70.2 cm³/mol. The van der Waals surface area contributed by atoms with E-state index in [-0.39, 0.29) is 5.82 Å². The minimum absolute atomic E-state index is 0.261. The van der Waals surface area contributed by atoms with Crippen molar-refractivity contribution >= 4 is 0 Å². The van der Waals surface area contributed by atoms with Crippen molar-refractivity contribution in [3.05, 3.63) is 41.2 Å². The molecule has 0 amide bonds. The third kappa shape index (κ3) is 2.00. The van der Waals surface area contributed by atoms with Gasteiger partial charge in [-0.25, -0.2) is 9.37 Å². The lowest BCUT2D eigenvalue weighted by molar-refractivity contribution is 0.413. The largest absolute Gasteiger partial charge is 0.497 e. The lowest BCUT2D eigenvalue weighted by Crippen LogP contribution is -2.25. The summed E-state index contributed by atoms with van der Waals surface area (Å²) in [5.74, 6) is 1.19. The van der Waals surface area contributed by atoms with E-state index in [4.69, 9.17) is 4.74 Å². The van der Waals surface area contributed by atoms with Gasteiger partial charge < -0.3 is 10.1 Å². The number of nitrogens with zero attached hydrogens (tertiary/aromatic N) is 2. The second-order valence-electron chi connectivity index (χ2n) is 4.63. The van der Waals surface area contributed by atoms with Crippen LogP contribution < -0.4 is 10.1 Å². The third-order valence-electron chi connectivity index (χ3n) is 3.45. The maximum Gasteiger partial charge on any atom is 0.147 e. The number of hydrogen-bond acceptors (Lipinski definition) is 3.